The van der Waals surface area contributed by atoms with E-state index in [1.807, 2.05) is 24.3 Å². The number of imidazole rings is 1. The van der Waals surface area contributed by atoms with Gasteiger partial charge in [0.05, 0.1) is 16.6 Å². The maximum Gasteiger partial charge on any atom is 0.338 e. The fourth-order valence-corrected chi connectivity index (χ4v) is 1.91. The topological polar surface area (TPSA) is 81.0 Å². The Labute approximate surface area is 127 Å². The molecule has 108 valence electrons. The van der Waals surface area contributed by atoms with Crippen LogP contribution in [-0.4, -0.2) is 15.9 Å². The second-order valence-corrected chi connectivity index (χ2v) is 4.40. The molecule has 0 spiro atoms. The number of fused-ring (bicyclic) bond motifs is 1. The van der Waals surface area contributed by atoms with Crippen LogP contribution in [0.5, 0.6) is 0 Å². The first-order chi connectivity index (χ1) is 9.72. The van der Waals surface area contributed by atoms with Crippen LogP contribution < -0.4 is 5.73 Å². The van der Waals surface area contributed by atoms with Crippen molar-refractivity contribution in [2.45, 2.75) is 6.61 Å². The average Bonchev–Trinajstić information content (AvgIpc) is 2.88. The van der Waals surface area contributed by atoms with E-state index in [1.54, 1.807) is 24.3 Å². The van der Waals surface area contributed by atoms with Crippen LogP contribution in [0.4, 0.5) is 5.69 Å². The highest BCUT2D eigenvalue weighted by atomic mass is 35.5. The molecule has 3 rings (SSSR count). The summed E-state index contributed by atoms with van der Waals surface area (Å²) in [6.45, 7) is 0.109. The highest BCUT2D eigenvalue weighted by molar-refractivity contribution is 5.89. The number of anilines is 1. The highest BCUT2D eigenvalue weighted by Crippen LogP contribution is 2.12. The number of nitrogen functional groups attached to an aromatic ring is 1. The lowest BCUT2D eigenvalue weighted by molar-refractivity contribution is 0.0463. The van der Waals surface area contributed by atoms with Gasteiger partial charge in [0.25, 0.3) is 0 Å². The summed E-state index contributed by atoms with van der Waals surface area (Å²) in [7, 11) is 0. The summed E-state index contributed by atoms with van der Waals surface area (Å²) in [5.41, 5.74) is 8.42. The molecule has 0 bridgehead atoms. The second kappa shape index (κ2) is 6.28. The first-order valence-electron chi connectivity index (χ1n) is 6.19. The van der Waals surface area contributed by atoms with E-state index in [9.17, 15) is 4.79 Å². The SMILES string of the molecule is Cl.Nc1ccc(C(=O)OCc2nc3ccccc3[nH]2)cc1. The number of carbonyl (C=O) groups is 1. The molecule has 21 heavy (non-hydrogen) atoms. The van der Waals surface area contributed by atoms with E-state index in [2.05, 4.69) is 9.97 Å². The van der Waals surface area contributed by atoms with Crippen LogP contribution in [0.3, 0.4) is 0 Å². The zero-order valence-corrected chi connectivity index (χ0v) is 11.9. The first-order valence-corrected chi connectivity index (χ1v) is 6.19. The number of aromatic nitrogens is 2. The number of hydrogen-bond donors (Lipinski definition) is 2. The van der Waals surface area contributed by atoms with Crippen molar-refractivity contribution in [3.05, 3.63) is 59.9 Å². The van der Waals surface area contributed by atoms with Gasteiger partial charge in [0.1, 0.15) is 12.4 Å². The number of para-hydroxylation sites is 2. The molecule has 0 saturated carbocycles. The van der Waals surface area contributed by atoms with Crippen LogP contribution >= 0.6 is 12.4 Å². The molecule has 0 saturated heterocycles. The van der Waals surface area contributed by atoms with Crippen LogP contribution in [0.2, 0.25) is 0 Å². The Morgan fingerprint density at radius 3 is 2.57 bits per heavy atom. The summed E-state index contributed by atoms with van der Waals surface area (Å²) >= 11 is 0. The van der Waals surface area contributed by atoms with Gasteiger partial charge in [-0.25, -0.2) is 9.78 Å². The maximum atomic E-state index is 11.8. The number of nitrogens with one attached hydrogen (secondary N) is 1. The zero-order chi connectivity index (χ0) is 13.9. The normalized spacial score (nSPS) is 10.1. The summed E-state index contributed by atoms with van der Waals surface area (Å²) in [6, 6.07) is 14.3. The summed E-state index contributed by atoms with van der Waals surface area (Å²) in [4.78, 5) is 19.3. The molecule has 0 unspecified atom stereocenters. The number of hydrogen-bond acceptors (Lipinski definition) is 4. The van der Waals surface area contributed by atoms with Crippen molar-refractivity contribution in [2.75, 3.05) is 5.73 Å². The fourth-order valence-electron chi connectivity index (χ4n) is 1.91. The van der Waals surface area contributed by atoms with E-state index in [1.165, 1.54) is 0 Å². The zero-order valence-electron chi connectivity index (χ0n) is 11.1. The fraction of sp³-hybridized carbons (Fsp3) is 0.0667. The lowest BCUT2D eigenvalue weighted by Crippen LogP contribution is -2.06. The number of ether oxygens (including phenoxy) is 1. The Balaban J connectivity index is 0.00000161. The number of halogens is 1. The van der Waals surface area contributed by atoms with E-state index < -0.39 is 5.97 Å². The molecule has 6 heteroatoms. The molecule has 0 aliphatic rings. The van der Waals surface area contributed by atoms with Crippen LogP contribution in [-0.2, 0) is 11.3 Å². The Morgan fingerprint density at radius 2 is 1.86 bits per heavy atom. The van der Waals surface area contributed by atoms with Crippen LogP contribution in [0, 0.1) is 0 Å². The Morgan fingerprint density at radius 1 is 1.14 bits per heavy atom. The van der Waals surface area contributed by atoms with Crippen molar-refractivity contribution < 1.29 is 9.53 Å². The predicted molar refractivity (Wildman–Crippen MR) is 83.3 cm³/mol. The minimum absolute atomic E-state index is 0. The van der Waals surface area contributed by atoms with Crippen molar-refractivity contribution in [1.29, 1.82) is 0 Å². The number of carbonyl (C=O) groups excluding carboxylic acids is 1. The number of benzene rings is 2. The van der Waals surface area contributed by atoms with Gasteiger partial charge in [0.2, 0.25) is 0 Å². The third-order valence-electron chi connectivity index (χ3n) is 2.92. The molecule has 1 aromatic heterocycles. The van der Waals surface area contributed by atoms with Gasteiger partial charge in [0.15, 0.2) is 0 Å². The van der Waals surface area contributed by atoms with Crippen LogP contribution in [0.25, 0.3) is 11.0 Å². The van der Waals surface area contributed by atoms with Crippen molar-refractivity contribution in [2.24, 2.45) is 0 Å². The molecular formula is C15H14ClN3O2. The molecular weight excluding hydrogens is 290 g/mol. The molecule has 3 aromatic rings. The van der Waals surface area contributed by atoms with Crippen molar-refractivity contribution in [3.63, 3.8) is 0 Å². The minimum atomic E-state index is -0.398. The number of nitrogens with zero attached hydrogens (tertiary/aromatic N) is 1. The Kier molecular flexibility index (Phi) is 4.45. The lowest BCUT2D eigenvalue weighted by Gasteiger charge is -2.02. The third-order valence-corrected chi connectivity index (χ3v) is 2.92. The molecule has 2 aromatic carbocycles. The standard InChI is InChI=1S/C15H13N3O2.ClH/c16-11-7-5-10(6-8-11)15(19)20-9-14-17-12-3-1-2-4-13(12)18-14;/h1-8H,9,16H2,(H,17,18);1H. The number of esters is 1. The molecule has 1 heterocycles. The second-order valence-electron chi connectivity index (χ2n) is 4.40. The monoisotopic (exact) mass is 303 g/mol. The molecule has 0 aliphatic heterocycles. The Hall–Kier alpha value is -2.53. The molecule has 0 radical (unpaired) electrons. The number of rotatable bonds is 3. The van der Waals surface area contributed by atoms with Gasteiger partial charge in [-0.05, 0) is 36.4 Å². The Bertz CT molecular complexity index is 720. The number of H-pyrrole nitrogens is 1. The lowest BCUT2D eigenvalue weighted by atomic mass is 10.2. The molecule has 0 fully saturated rings. The van der Waals surface area contributed by atoms with E-state index in [0.29, 0.717) is 17.1 Å². The minimum Gasteiger partial charge on any atom is -0.454 e. The molecule has 0 aliphatic carbocycles. The smallest absolute Gasteiger partial charge is 0.338 e. The number of aromatic amines is 1. The summed E-state index contributed by atoms with van der Waals surface area (Å²) in [5.74, 6) is 0.223. The van der Waals surface area contributed by atoms with Gasteiger partial charge in [-0.3, -0.25) is 0 Å². The predicted octanol–water partition coefficient (Wildman–Crippen LogP) is 2.92. The van der Waals surface area contributed by atoms with Crippen molar-refractivity contribution in [3.8, 4) is 0 Å². The third kappa shape index (κ3) is 3.32. The van der Waals surface area contributed by atoms with E-state index in [0.717, 1.165) is 11.0 Å². The van der Waals surface area contributed by atoms with Crippen molar-refractivity contribution in [1.82, 2.24) is 9.97 Å². The molecule has 0 amide bonds. The average molecular weight is 304 g/mol. The maximum absolute atomic E-state index is 11.8. The molecule has 3 N–H and O–H groups in total. The molecule has 5 nitrogen and oxygen atoms in total. The van der Waals surface area contributed by atoms with Gasteiger partial charge in [0, 0.05) is 5.69 Å². The largest absolute Gasteiger partial charge is 0.454 e. The summed E-state index contributed by atoms with van der Waals surface area (Å²) in [5, 5.41) is 0. The number of nitrogens with two attached hydrogens (primary N) is 1. The van der Waals surface area contributed by atoms with Crippen molar-refractivity contribution >= 4 is 35.1 Å². The van der Waals surface area contributed by atoms with E-state index in [4.69, 9.17) is 10.5 Å². The van der Waals surface area contributed by atoms with Gasteiger partial charge in [-0.15, -0.1) is 12.4 Å². The highest BCUT2D eigenvalue weighted by Gasteiger charge is 2.09. The van der Waals surface area contributed by atoms with Crippen LogP contribution in [0.15, 0.2) is 48.5 Å². The summed E-state index contributed by atoms with van der Waals surface area (Å²) in [6.07, 6.45) is 0. The van der Waals surface area contributed by atoms with Gasteiger partial charge < -0.3 is 15.5 Å². The quantitative estimate of drug-likeness (QED) is 0.576. The summed E-state index contributed by atoms with van der Waals surface area (Å²) < 4.78 is 5.21. The van der Waals surface area contributed by atoms with Gasteiger partial charge >= 0.3 is 5.97 Å². The van der Waals surface area contributed by atoms with Gasteiger partial charge in [-0.2, -0.15) is 0 Å². The van der Waals surface area contributed by atoms with E-state index >= 15 is 0 Å². The van der Waals surface area contributed by atoms with E-state index in [-0.39, 0.29) is 19.0 Å². The van der Waals surface area contributed by atoms with Crippen LogP contribution in [0.1, 0.15) is 16.2 Å². The molecule has 0 atom stereocenters. The van der Waals surface area contributed by atoms with Gasteiger partial charge in [-0.1, -0.05) is 12.1 Å². The first kappa shape index (κ1) is 14.9.